The molecule has 4 N–H and O–H groups in total. The Kier molecular flexibility index (Phi) is 4.13. The fourth-order valence-electron chi connectivity index (χ4n) is 1.53. The Labute approximate surface area is 115 Å². The third kappa shape index (κ3) is 3.30. The third-order valence-electron chi connectivity index (χ3n) is 2.46. The molecule has 2 aromatic rings. The van der Waals surface area contributed by atoms with Crippen molar-refractivity contribution in [3.63, 3.8) is 0 Å². The molecule has 102 valence electrons. The Morgan fingerprint density at radius 1 is 1.26 bits per heavy atom. The molecule has 0 amide bonds. The van der Waals surface area contributed by atoms with Gasteiger partial charge in [-0.15, -0.1) is 11.3 Å². The first-order chi connectivity index (χ1) is 9.12. The van der Waals surface area contributed by atoms with Crippen LogP contribution < -0.4 is 21.3 Å². The number of thiophene rings is 1. The summed E-state index contributed by atoms with van der Waals surface area (Å²) in [6, 6.07) is 4.47. The highest BCUT2D eigenvalue weighted by Crippen LogP contribution is 2.25. The largest absolute Gasteiger partial charge is 0.467 e. The molecule has 2 aromatic heterocycles. The molecule has 19 heavy (non-hydrogen) atoms. The Morgan fingerprint density at radius 2 is 2.00 bits per heavy atom. The van der Waals surface area contributed by atoms with Crippen molar-refractivity contribution in [3.8, 4) is 6.01 Å². The zero-order valence-corrected chi connectivity index (χ0v) is 11.8. The van der Waals surface area contributed by atoms with E-state index in [2.05, 4.69) is 44.8 Å². The first-order valence-electron chi connectivity index (χ1n) is 5.72. The number of hydrogen-bond donors (Lipinski definition) is 3. The van der Waals surface area contributed by atoms with Crippen LogP contribution in [0.15, 0.2) is 12.1 Å². The number of nitrogens with zero attached hydrogens (tertiary/aromatic N) is 3. The molecule has 0 radical (unpaired) electrons. The molecule has 0 aliphatic rings. The van der Waals surface area contributed by atoms with Crippen molar-refractivity contribution in [2.75, 3.05) is 17.9 Å². The van der Waals surface area contributed by atoms with E-state index in [1.807, 2.05) is 6.92 Å². The fraction of sp³-hybridized carbons (Fsp3) is 0.364. The number of aryl methyl sites for hydroxylation is 1. The average molecular weight is 280 g/mol. The van der Waals surface area contributed by atoms with Crippen LogP contribution in [0.25, 0.3) is 0 Å². The van der Waals surface area contributed by atoms with Crippen molar-refractivity contribution >= 4 is 23.2 Å². The summed E-state index contributed by atoms with van der Waals surface area (Å²) >= 11 is 1.73. The topological polar surface area (TPSA) is 98.0 Å². The van der Waals surface area contributed by atoms with E-state index in [0.29, 0.717) is 5.95 Å². The van der Waals surface area contributed by atoms with Crippen molar-refractivity contribution in [2.24, 2.45) is 5.84 Å². The molecule has 0 fully saturated rings. The van der Waals surface area contributed by atoms with E-state index in [1.54, 1.807) is 11.3 Å². The van der Waals surface area contributed by atoms with Gasteiger partial charge in [-0.25, -0.2) is 5.84 Å². The minimum absolute atomic E-state index is 0.0939. The quantitative estimate of drug-likeness (QED) is 0.566. The predicted molar refractivity (Wildman–Crippen MR) is 75.3 cm³/mol. The van der Waals surface area contributed by atoms with Crippen LogP contribution in [-0.2, 0) is 0 Å². The Balaban J connectivity index is 2.18. The number of nitrogens with one attached hydrogen (secondary N) is 2. The second kappa shape index (κ2) is 5.81. The minimum atomic E-state index is 0.0939. The minimum Gasteiger partial charge on any atom is -0.467 e. The van der Waals surface area contributed by atoms with Gasteiger partial charge in [0.2, 0.25) is 11.9 Å². The van der Waals surface area contributed by atoms with Crippen LogP contribution >= 0.6 is 11.3 Å². The number of methoxy groups -OCH3 is 1. The van der Waals surface area contributed by atoms with E-state index >= 15 is 0 Å². The maximum atomic E-state index is 5.30. The van der Waals surface area contributed by atoms with Gasteiger partial charge in [-0.05, 0) is 26.0 Å². The second-order valence-corrected chi connectivity index (χ2v) is 5.25. The Morgan fingerprint density at radius 3 is 2.58 bits per heavy atom. The molecular weight excluding hydrogens is 264 g/mol. The number of nitrogen functional groups attached to an aromatic ring is 1. The molecule has 0 saturated carbocycles. The normalized spacial score (nSPS) is 12.0. The number of nitrogens with two attached hydrogens (primary N) is 1. The zero-order chi connectivity index (χ0) is 13.8. The van der Waals surface area contributed by atoms with Gasteiger partial charge in [-0.2, -0.15) is 15.0 Å². The van der Waals surface area contributed by atoms with E-state index in [9.17, 15) is 0 Å². The fourth-order valence-corrected chi connectivity index (χ4v) is 2.41. The van der Waals surface area contributed by atoms with E-state index in [0.717, 1.165) is 0 Å². The monoisotopic (exact) mass is 280 g/mol. The molecule has 0 aliphatic carbocycles. The van der Waals surface area contributed by atoms with Crippen LogP contribution in [-0.4, -0.2) is 22.1 Å². The van der Waals surface area contributed by atoms with Crippen LogP contribution in [0.3, 0.4) is 0 Å². The van der Waals surface area contributed by atoms with E-state index in [4.69, 9.17) is 10.6 Å². The molecule has 0 spiro atoms. The smallest absolute Gasteiger partial charge is 0.322 e. The number of hydrazine groups is 1. The molecular formula is C11H16N6OS. The van der Waals surface area contributed by atoms with Crippen molar-refractivity contribution in [3.05, 3.63) is 21.9 Å². The molecule has 1 unspecified atom stereocenters. The summed E-state index contributed by atoms with van der Waals surface area (Å²) < 4.78 is 4.99. The van der Waals surface area contributed by atoms with Crippen LogP contribution in [0.5, 0.6) is 6.01 Å². The maximum absolute atomic E-state index is 5.30. The first kappa shape index (κ1) is 13.5. The molecule has 2 rings (SSSR count). The van der Waals surface area contributed by atoms with E-state index in [1.165, 1.54) is 16.9 Å². The Bertz CT molecular complexity index is 536. The summed E-state index contributed by atoms with van der Waals surface area (Å²) in [6.45, 7) is 4.11. The van der Waals surface area contributed by atoms with E-state index in [-0.39, 0.29) is 18.0 Å². The van der Waals surface area contributed by atoms with Gasteiger partial charge in [0, 0.05) is 9.75 Å². The lowest BCUT2D eigenvalue weighted by Crippen LogP contribution is -2.15. The van der Waals surface area contributed by atoms with Gasteiger partial charge < -0.3 is 10.1 Å². The van der Waals surface area contributed by atoms with Crippen LogP contribution in [0.1, 0.15) is 22.7 Å². The van der Waals surface area contributed by atoms with Gasteiger partial charge >= 0.3 is 6.01 Å². The number of rotatable bonds is 5. The molecule has 2 heterocycles. The maximum Gasteiger partial charge on any atom is 0.322 e. The molecule has 0 aromatic carbocycles. The number of ether oxygens (including phenoxy) is 1. The number of anilines is 2. The highest BCUT2D eigenvalue weighted by molar-refractivity contribution is 7.12. The number of hydrogen-bond acceptors (Lipinski definition) is 8. The SMILES string of the molecule is COc1nc(NN)nc(NC(C)c2ccc(C)s2)n1. The van der Waals surface area contributed by atoms with Crippen molar-refractivity contribution in [1.29, 1.82) is 0 Å². The summed E-state index contributed by atoms with van der Waals surface area (Å²) in [4.78, 5) is 14.7. The predicted octanol–water partition coefficient (Wildman–Crippen LogP) is 1.71. The van der Waals surface area contributed by atoms with Gasteiger partial charge in [0.05, 0.1) is 13.2 Å². The second-order valence-electron chi connectivity index (χ2n) is 3.93. The molecule has 0 saturated heterocycles. The highest BCUT2D eigenvalue weighted by Gasteiger charge is 2.11. The van der Waals surface area contributed by atoms with Gasteiger partial charge in [0.15, 0.2) is 0 Å². The van der Waals surface area contributed by atoms with Gasteiger partial charge in [-0.3, -0.25) is 5.43 Å². The lowest BCUT2D eigenvalue weighted by atomic mass is 10.3. The van der Waals surface area contributed by atoms with Crippen LogP contribution in [0.4, 0.5) is 11.9 Å². The summed E-state index contributed by atoms with van der Waals surface area (Å²) in [5, 5.41) is 3.19. The van der Waals surface area contributed by atoms with Crippen molar-refractivity contribution in [1.82, 2.24) is 15.0 Å². The molecule has 8 heteroatoms. The van der Waals surface area contributed by atoms with Crippen LogP contribution in [0, 0.1) is 6.92 Å². The third-order valence-corrected chi connectivity index (χ3v) is 3.64. The highest BCUT2D eigenvalue weighted by atomic mass is 32.1. The molecule has 1 atom stereocenters. The summed E-state index contributed by atoms with van der Waals surface area (Å²) in [6.07, 6.45) is 0. The van der Waals surface area contributed by atoms with Crippen molar-refractivity contribution < 1.29 is 4.74 Å². The zero-order valence-electron chi connectivity index (χ0n) is 11.0. The van der Waals surface area contributed by atoms with Gasteiger partial charge in [0.25, 0.3) is 0 Å². The summed E-state index contributed by atoms with van der Waals surface area (Å²) in [5.74, 6) is 5.97. The van der Waals surface area contributed by atoms with E-state index < -0.39 is 0 Å². The molecule has 0 aliphatic heterocycles. The lowest BCUT2D eigenvalue weighted by Gasteiger charge is -2.13. The number of aromatic nitrogens is 3. The molecule has 0 bridgehead atoms. The Hall–Kier alpha value is -1.93. The van der Waals surface area contributed by atoms with Crippen LogP contribution in [0.2, 0.25) is 0 Å². The van der Waals surface area contributed by atoms with Crippen molar-refractivity contribution in [2.45, 2.75) is 19.9 Å². The standard InChI is InChI=1S/C11H16N6OS/c1-6-4-5-8(19-6)7(2)13-9-14-10(17-12)16-11(15-9)18-3/h4-5,7H,12H2,1-3H3,(H2,13,14,15,16,17). The summed E-state index contributed by atoms with van der Waals surface area (Å²) in [5.41, 5.74) is 2.38. The van der Waals surface area contributed by atoms with Gasteiger partial charge in [-0.1, -0.05) is 0 Å². The first-order valence-corrected chi connectivity index (χ1v) is 6.53. The average Bonchev–Trinajstić information content (AvgIpc) is 2.85. The summed E-state index contributed by atoms with van der Waals surface area (Å²) in [7, 11) is 1.49. The van der Waals surface area contributed by atoms with Gasteiger partial charge in [0.1, 0.15) is 0 Å². The molecule has 7 nitrogen and oxygen atoms in total. The lowest BCUT2D eigenvalue weighted by molar-refractivity contribution is 0.379.